The Labute approximate surface area is 154 Å². The Balaban J connectivity index is 1.32. The molecule has 1 aliphatic heterocycles. The van der Waals surface area contributed by atoms with Crippen LogP contribution in [0, 0.1) is 0 Å². The number of rotatable bonds is 10. The predicted molar refractivity (Wildman–Crippen MR) is 101 cm³/mol. The molecule has 0 spiro atoms. The number of likely N-dealkylation sites (tertiary alicyclic amines) is 1. The van der Waals surface area contributed by atoms with Gasteiger partial charge in [-0.2, -0.15) is 4.98 Å². The quantitative estimate of drug-likeness (QED) is 0.565. The molecule has 2 aromatic rings. The van der Waals surface area contributed by atoms with E-state index in [1.165, 1.54) is 37.9 Å². The first-order valence-corrected chi connectivity index (χ1v) is 9.53. The molecule has 0 atom stereocenters. The summed E-state index contributed by atoms with van der Waals surface area (Å²) >= 11 is 0. The lowest BCUT2D eigenvalue weighted by Crippen LogP contribution is -2.29. The van der Waals surface area contributed by atoms with Crippen LogP contribution < -0.4 is 10.1 Å². The Kier molecular flexibility index (Phi) is 7.27. The van der Waals surface area contributed by atoms with Crippen molar-refractivity contribution in [2.75, 3.05) is 31.6 Å². The normalized spacial score (nSPS) is 15.1. The van der Waals surface area contributed by atoms with Gasteiger partial charge >= 0.3 is 0 Å². The fraction of sp³-hybridized carbons (Fsp3) is 0.579. The Morgan fingerprint density at radius 1 is 1.19 bits per heavy atom. The Bertz CT molecular complexity index is 655. The molecule has 7 nitrogen and oxygen atoms in total. The number of benzene rings is 1. The van der Waals surface area contributed by atoms with Gasteiger partial charge in [0.2, 0.25) is 5.95 Å². The fourth-order valence-corrected chi connectivity index (χ4v) is 3.17. The zero-order valence-electron chi connectivity index (χ0n) is 15.3. The van der Waals surface area contributed by atoms with Gasteiger partial charge in [-0.05, 0) is 56.5 Å². The molecule has 7 heteroatoms. The Morgan fingerprint density at radius 2 is 2.08 bits per heavy atom. The maximum absolute atomic E-state index is 8.93. The highest BCUT2D eigenvalue weighted by molar-refractivity contribution is 5.28. The second-order valence-corrected chi connectivity index (χ2v) is 6.73. The molecule has 3 rings (SSSR count). The minimum atomic E-state index is -0.126. The molecule has 1 saturated heterocycles. The molecule has 3 N–H and O–H groups in total. The number of aromatic amines is 1. The second kappa shape index (κ2) is 10.1. The third-order valence-electron chi connectivity index (χ3n) is 4.56. The summed E-state index contributed by atoms with van der Waals surface area (Å²) in [4.78, 5) is 6.62. The fourth-order valence-electron chi connectivity index (χ4n) is 3.17. The molecule has 142 valence electrons. The van der Waals surface area contributed by atoms with Crippen molar-refractivity contribution in [3.05, 3.63) is 35.7 Å². The number of nitrogens with zero attached hydrogens (tertiary/aromatic N) is 3. The summed E-state index contributed by atoms with van der Waals surface area (Å²) in [6.07, 6.45) is 5.93. The van der Waals surface area contributed by atoms with Crippen LogP contribution in [0.2, 0.25) is 0 Å². The Morgan fingerprint density at radius 3 is 2.88 bits per heavy atom. The highest BCUT2D eigenvalue weighted by Gasteiger charge is 2.10. The second-order valence-electron chi connectivity index (χ2n) is 6.73. The molecular weight excluding hydrogens is 330 g/mol. The van der Waals surface area contributed by atoms with Crippen LogP contribution in [0.3, 0.4) is 0 Å². The number of nitrogens with one attached hydrogen (secondary N) is 2. The average molecular weight is 359 g/mol. The first kappa shape index (κ1) is 18.7. The van der Waals surface area contributed by atoms with Crippen LogP contribution in [0.4, 0.5) is 5.95 Å². The van der Waals surface area contributed by atoms with Crippen LogP contribution in [0.1, 0.15) is 43.5 Å². The standard InChI is InChI=1S/C19H29N5O2/c25-15-18-21-19(23-22-18)20-9-2-5-12-26-17-8-6-7-16(13-17)14-24-10-3-1-4-11-24/h6-8,13,25H,1-5,9-12,14-15H2,(H2,20,21,22,23). The van der Waals surface area contributed by atoms with Crippen molar-refractivity contribution < 1.29 is 9.84 Å². The molecular formula is C19H29N5O2. The predicted octanol–water partition coefficient (Wildman–Crippen LogP) is 2.55. The van der Waals surface area contributed by atoms with Crippen LogP contribution in [0.15, 0.2) is 24.3 Å². The van der Waals surface area contributed by atoms with Gasteiger partial charge in [0.05, 0.1) is 6.61 Å². The molecule has 0 aliphatic carbocycles. The van der Waals surface area contributed by atoms with E-state index in [0.717, 1.165) is 31.7 Å². The molecule has 0 bridgehead atoms. The number of hydrogen-bond acceptors (Lipinski definition) is 6. The van der Waals surface area contributed by atoms with Crippen molar-refractivity contribution in [2.24, 2.45) is 0 Å². The van der Waals surface area contributed by atoms with Crippen molar-refractivity contribution >= 4 is 5.95 Å². The first-order valence-electron chi connectivity index (χ1n) is 9.53. The summed E-state index contributed by atoms with van der Waals surface area (Å²) in [5.41, 5.74) is 1.33. The van der Waals surface area contributed by atoms with E-state index in [1.807, 2.05) is 6.07 Å². The lowest BCUT2D eigenvalue weighted by molar-refractivity contribution is 0.220. The van der Waals surface area contributed by atoms with Crippen molar-refractivity contribution in [1.82, 2.24) is 20.1 Å². The number of H-pyrrole nitrogens is 1. The summed E-state index contributed by atoms with van der Waals surface area (Å²) in [5.74, 6) is 1.95. The van der Waals surface area contributed by atoms with E-state index in [-0.39, 0.29) is 6.61 Å². The van der Waals surface area contributed by atoms with Crippen LogP contribution in [0.5, 0.6) is 5.75 Å². The summed E-state index contributed by atoms with van der Waals surface area (Å²) in [5, 5.41) is 18.7. The van der Waals surface area contributed by atoms with Gasteiger partial charge in [0.1, 0.15) is 12.4 Å². The molecule has 26 heavy (non-hydrogen) atoms. The third kappa shape index (κ3) is 6.00. The lowest BCUT2D eigenvalue weighted by atomic mass is 10.1. The third-order valence-corrected chi connectivity index (χ3v) is 4.56. The van der Waals surface area contributed by atoms with Crippen molar-refractivity contribution in [1.29, 1.82) is 0 Å². The van der Waals surface area contributed by atoms with Crippen LogP contribution in [-0.2, 0) is 13.2 Å². The zero-order chi connectivity index (χ0) is 18.0. The van der Waals surface area contributed by atoms with E-state index in [0.29, 0.717) is 18.4 Å². The highest BCUT2D eigenvalue weighted by atomic mass is 16.5. The number of hydrogen-bond donors (Lipinski definition) is 3. The molecule has 1 aromatic heterocycles. The number of aliphatic hydroxyl groups is 1. The SMILES string of the molecule is OCc1nc(NCCCCOc2cccc(CN3CCCCC3)c2)n[nH]1. The summed E-state index contributed by atoms with van der Waals surface area (Å²) < 4.78 is 5.89. The molecule has 1 fully saturated rings. The molecule has 1 aliphatic rings. The average Bonchev–Trinajstić information content (AvgIpc) is 3.14. The summed E-state index contributed by atoms with van der Waals surface area (Å²) in [6, 6.07) is 8.46. The maximum Gasteiger partial charge on any atom is 0.242 e. The van der Waals surface area contributed by atoms with Crippen molar-refractivity contribution in [2.45, 2.75) is 45.3 Å². The van der Waals surface area contributed by atoms with Gasteiger partial charge < -0.3 is 15.2 Å². The number of aliphatic hydroxyl groups excluding tert-OH is 1. The van der Waals surface area contributed by atoms with Gasteiger partial charge in [-0.3, -0.25) is 10.00 Å². The number of ether oxygens (including phenoxy) is 1. The topological polar surface area (TPSA) is 86.3 Å². The largest absolute Gasteiger partial charge is 0.494 e. The minimum Gasteiger partial charge on any atom is -0.494 e. The van der Waals surface area contributed by atoms with Gasteiger partial charge in [0.15, 0.2) is 5.82 Å². The van der Waals surface area contributed by atoms with E-state index in [9.17, 15) is 0 Å². The van der Waals surface area contributed by atoms with E-state index >= 15 is 0 Å². The van der Waals surface area contributed by atoms with E-state index in [1.54, 1.807) is 0 Å². The monoisotopic (exact) mass is 359 g/mol. The van der Waals surface area contributed by atoms with E-state index in [4.69, 9.17) is 9.84 Å². The molecule has 0 saturated carbocycles. The van der Waals surface area contributed by atoms with Gasteiger partial charge in [-0.1, -0.05) is 18.6 Å². The lowest BCUT2D eigenvalue weighted by Gasteiger charge is -2.26. The van der Waals surface area contributed by atoms with Gasteiger partial charge in [-0.15, -0.1) is 5.10 Å². The van der Waals surface area contributed by atoms with Gasteiger partial charge in [0, 0.05) is 13.1 Å². The number of anilines is 1. The van der Waals surface area contributed by atoms with E-state index < -0.39 is 0 Å². The zero-order valence-corrected chi connectivity index (χ0v) is 15.3. The Hall–Kier alpha value is -2.12. The van der Waals surface area contributed by atoms with Crippen LogP contribution >= 0.6 is 0 Å². The molecule has 0 radical (unpaired) electrons. The number of unbranched alkanes of at least 4 members (excludes halogenated alkanes) is 1. The van der Waals surface area contributed by atoms with E-state index in [2.05, 4.69) is 43.6 Å². The number of aromatic nitrogens is 3. The van der Waals surface area contributed by atoms with Gasteiger partial charge in [-0.25, -0.2) is 0 Å². The van der Waals surface area contributed by atoms with Gasteiger partial charge in [0.25, 0.3) is 0 Å². The summed E-state index contributed by atoms with van der Waals surface area (Å²) in [7, 11) is 0. The summed E-state index contributed by atoms with van der Waals surface area (Å²) in [6.45, 7) is 4.80. The first-order chi connectivity index (χ1) is 12.8. The molecule has 1 aromatic carbocycles. The minimum absolute atomic E-state index is 0.126. The molecule has 0 amide bonds. The van der Waals surface area contributed by atoms with Crippen molar-refractivity contribution in [3.8, 4) is 5.75 Å². The highest BCUT2D eigenvalue weighted by Crippen LogP contribution is 2.17. The number of piperidine rings is 1. The smallest absolute Gasteiger partial charge is 0.242 e. The molecule has 0 unspecified atom stereocenters. The maximum atomic E-state index is 8.93. The van der Waals surface area contributed by atoms with Crippen LogP contribution in [0.25, 0.3) is 0 Å². The van der Waals surface area contributed by atoms with Crippen LogP contribution in [-0.4, -0.2) is 51.4 Å². The van der Waals surface area contributed by atoms with Crippen molar-refractivity contribution in [3.63, 3.8) is 0 Å². The molecule has 2 heterocycles.